The third-order valence-corrected chi connectivity index (χ3v) is 3.67. The van der Waals surface area contributed by atoms with Gasteiger partial charge in [-0.2, -0.15) is 0 Å². The standard InChI is InChI=1S/C17H28N2O3/c1-19(17(20)8-6-4-5-7-11-18)13-14-9-10-15(21-2)12-16(14)22-3/h9-10,12H,4-8,11,13,18H2,1-3H3. The van der Waals surface area contributed by atoms with Crippen LogP contribution in [0.4, 0.5) is 0 Å². The van der Waals surface area contributed by atoms with Crippen LogP contribution in [0.5, 0.6) is 11.5 Å². The van der Waals surface area contributed by atoms with Gasteiger partial charge in [0.25, 0.3) is 0 Å². The Morgan fingerprint density at radius 1 is 1.14 bits per heavy atom. The van der Waals surface area contributed by atoms with Crippen LogP contribution in [-0.4, -0.2) is 38.6 Å². The lowest BCUT2D eigenvalue weighted by Gasteiger charge is -2.19. The number of methoxy groups -OCH3 is 2. The molecule has 5 nitrogen and oxygen atoms in total. The van der Waals surface area contributed by atoms with Crippen LogP contribution in [0, 0.1) is 0 Å². The van der Waals surface area contributed by atoms with Gasteiger partial charge in [-0.25, -0.2) is 0 Å². The summed E-state index contributed by atoms with van der Waals surface area (Å²) in [4.78, 5) is 13.9. The van der Waals surface area contributed by atoms with Crippen molar-refractivity contribution in [2.75, 3.05) is 27.8 Å². The fourth-order valence-electron chi connectivity index (χ4n) is 2.29. The second-order valence-electron chi connectivity index (χ2n) is 5.38. The van der Waals surface area contributed by atoms with Crippen molar-refractivity contribution >= 4 is 5.91 Å². The van der Waals surface area contributed by atoms with Crippen molar-refractivity contribution in [3.8, 4) is 11.5 Å². The highest BCUT2D eigenvalue weighted by molar-refractivity contribution is 5.75. The molecule has 0 radical (unpaired) electrons. The molecule has 0 heterocycles. The van der Waals surface area contributed by atoms with Gasteiger partial charge in [-0.15, -0.1) is 0 Å². The Kier molecular flexibility index (Phi) is 8.36. The lowest BCUT2D eigenvalue weighted by atomic mass is 10.1. The molecule has 1 rings (SSSR count). The molecule has 0 saturated carbocycles. The first kappa shape index (κ1) is 18.3. The summed E-state index contributed by atoms with van der Waals surface area (Å²) in [5, 5.41) is 0. The number of ether oxygens (including phenoxy) is 2. The number of benzene rings is 1. The highest BCUT2D eigenvalue weighted by atomic mass is 16.5. The van der Waals surface area contributed by atoms with Crippen LogP contribution in [-0.2, 0) is 11.3 Å². The van der Waals surface area contributed by atoms with Gasteiger partial charge in [0.15, 0.2) is 0 Å². The number of unbranched alkanes of at least 4 members (excludes halogenated alkanes) is 3. The van der Waals surface area contributed by atoms with E-state index in [1.54, 1.807) is 19.1 Å². The molecule has 0 aliphatic carbocycles. The lowest BCUT2D eigenvalue weighted by Crippen LogP contribution is -2.26. The predicted molar refractivity (Wildman–Crippen MR) is 88.2 cm³/mol. The summed E-state index contributed by atoms with van der Waals surface area (Å²) in [6, 6.07) is 5.64. The number of carbonyl (C=O) groups excluding carboxylic acids is 1. The lowest BCUT2D eigenvalue weighted by molar-refractivity contribution is -0.130. The molecule has 0 saturated heterocycles. The monoisotopic (exact) mass is 308 g/mol. The number of hydrogen-bond donors (Lipinski definition) is 1. The quantitative estimate of drug-likeness (QED) is 0.675. The van der Waals surface area contributed by atoms with Gasteiger partial charge in [-0.05, 0) is 31.5 Å². The predicted octanol–water partition coefficient (Wildman–Crippen LogP) is 2.57. The van der Waals surface area contributed by atoms with E-state index in [-0.39, 0.29) is 5.91 Å². The minimum Gasteiger partial charge on any atom is -0.497 e. The molecule has 1 aromatic carbocycles. The maximum Gasteiger partial charge on any atom is 0.222 e. The number of carbonyl (C=O) groups is 1. The molecule has 0 aromatic heterocycles. The van der Waals surface area contributed by atoms with Crippen LogP contribution in [0.1, 0.15) is 37.7 Å². The largest absolute Gasteiger partial charge is 0.497 e. The molecule has 5 heteroatoms. The van der Waals surface area contributed by atoms with Crippen LogP contribution >= 0.6 is 0 Å². The minimum atomic E-state index is 0.158. The SMILES string of the molecule is COc1ccc(CN(C)C(=O)CCCCCCN)c(OC)c1. The van der Waals surface area contributed by atoms with E-state index in [0.717, 1.165) is 49.3 Å². The number of amides is 1. The normalized spacial score (nSPS) is 10.4. The first-order valence-corrected chi connectivity index (χ1v) is 7.77. The number of hydrogen-bond acceptors (Lipinski definition) is 4. The summed E-state index contributed by atoms with van der Waals surface area (Å²) in [7, 11) is 5.07. The van der Waals surface area contributed by atoms with Crippen LogP contribution < -0.4 is 15.2 Å². The first-order valence-electron chi connectivity index (χ1n) is 7.77. The molecule has 2 N–H and O–H groups in total. The second kappa shape index (κ2) is 10.1. The molecule has 0 unspecified atom stereocenters. The fourth-order valence-corrected chi connectivity index (χ4v) is 2.29. The minimum absolute atomic E-state index is 0.158. The third-order valence-electron chi connectivity index (χ3n) is 3.67. The molecular weight excluding hydrogens is 280 g/mol. The zero-order valence-electron chi connectivity index (χ0n) is 13.9. The molecule has 0 spiro atoms. The molecule has 1 aromatic rings. The average Bonchev–Trinajstić information content (AvgIpc) is 2.54. The van der Waals surface area contributed by atoms with E-state index in [4.69, 9.17) is 15.2 Å². The smallest absolute Gasteiger partial charge is 0.222 e. The van der Waals surface area contributed by atoms with Crippen molar-refractivity contribution in [1.29, 1.82) is 0 Å². The van der Waals surface area contributed by atoms with Crippen LogP contribution in [0.2, 0.25) is 0 Å². The number of nitrogens with zero attached hydrogens (tertiary/aromatic N) is 1. The topological polar surface area (TPSA) is 64.8 Å². The van der Waals surface area contributed by atoms with Crippen LogP contribution in [0.25, 0.3) is 0 Å². The van der Waals surface area contributed by atoms with Gasteiger partial charge < -0.3 is 20.1 Å². The van der Waals surface area contributed by atoms with Gasteiger partial charge in [-0.1, -0.05) is 12.8 Å². The van der Waals surface area contributed by atoms with E-state index >= 15 is 0 Å². The van der Waals surface area contributed by atoms with Crippen LogP contribution in [0.3, 0.4) is 0 Å². The Morgan fingerprint density at radius 3 is 2.50 bits per heavy atom. The van der Waals surface area contributed by atoms with Crippen molar-refractivity contribution in [2.45, 2.75) is 38.6 Å². The molecule has 0 bridgehead atoms. The summed E-state index contributed by atoms with van der Waals surface area (Å²) < 4.78 is 10.5. The Bertz CT molecular complexity index is 463. The summed E-state index contributed by atoms with van der Waals surface area (Å²) >= 11 is 0. The molecule has 0 aliphatic heterocycles. The van der Waals surface area contributed by atoms with Gasteiger partial charge in [-0.3, -0.25) is 4.79 Å². The number of rotatable bonds is 10. The molecule has 124 valence electrons. The third kappa shape index (κ3) is 5.93. The van der Waals surface area contributed by atoms with Gasteiger partial charge in [0.05, 0.1) is 14.2 Å². The second-order valence-corrected chi connectivity index (χ2v) is 5.38. The average molecular weight is 308 g/mol. The van der Waals surface area contributed by atoms with Crippen LogP contribution in [0.15, 0.2) is 18.2 Å². The Hall–Kier alpha value is -1.75. The summed E-state index contributed by atoms with van der Waals surface area (Å²) in [6.07, 6.45) is 4.69. The summed E-state index contributed by atoms with van der Waals surface area (Å²) in [5.41, 5.74) is 6.43. The fraction of sp³-hybridized carbons (Fsp3) is 0.588. The van der Waals surface area contributed by atoms with Crippen molar-refractivity contribution in [2.24, 2.45) is 5.73 Å². The van der Waals surface area contributed by atoms with E-state index in [0.29, 0.717) is 13.0 Å². The van der Waals surface area contributed by atoms with Gasteiger partial charge in [0.1, 0.15) is 11.5 Å². The zero-order chi connectivity index (χ0) is 16.4. The van der Waals surface area contributed by atoms with E-state index in [1.165, 1.54) is 0 Å². The Labute approximate surface area is 133 Å². The van der Waals surface area contributed by atoms with Crippen molar-refractivity contribution in [1.82, 2.24) is 4.90 Å². The van der Waals surface area contributed by atoms with E-state index < -0.39 is 0 Å². The van der Waals surface area contributed by atoms with Gasteiger partial charge >= 0.3 is 0 Å². The molecule has 1 amide bonds. The Balaban J connectivity index is 2.49. The van der Waals surface area contributed by atoms with Crippen molar-refractivity contribution in [3.63, 3.8) is 0 Å². The zero-order valence-corrected chi connectivity index (χ0v) is 13.9. The van der Waals surface area contributed by atoms with Gasteiger partial charge in [0, 0.05) is 31.6 Å². The maximum absolute atomic E-state index is 12.1. The summed E-state index contributed by atoms with van der Waals surface area (Å²) in [5.74, 6) is 1.64. The molecule has 0 aliphatic rings. The van der Waals surface area contributed by atoms with Gasteiger partial charge in [0.2, 0.25) is 5.91 Å². The van der Waals surface area contributed by atoms with E-state index in [2.05, 4.69) is 0 Å². The molecular formula is C17H28N2O3. The maximum atomic E-state index is 12.1. The molecule has 22 heavy (non-hydrogen) atoms. The van der Waals surface area contributed by atoms with E-state index in [1.807, 2.05) is 25.2 Å². The highest BCUT2D eigenvalue weighted by Gasteiger charge is 2.12. The number of nitrogens with two attached hydrogens (primary N) is 1. The first-order chi connectivity index (χ1) is 10.6. The Morgan fingerprint density at radius 2 is 1.86 bits per heavy atom. The summed E-state index contributed by atoms with van der Waals surface area (Å²) in [6.45, 7) is 1.26. The van der Waals surface area contributed by atoms with E-state index in [9.17, 15) is 4.79 Å². The van der Waals surface area contributed by atoms with Crippen molar-refractivity contribution < 1.29 is 14.3 Å². The molecule has 0 atom stereocenters. The highest BCUT2D eigenvalue weighted by Crippen LogP contribution is 2.25. The molecule has 0 fully saturated rings. The van der Waals surface area contributed by atoms with Crippen molar-refractivity contribution in [3.05, 3.63) is 23.8 Å².